The SMILES string of the molecule is Cn1c(CCNC(=O)c2cc3ccccc3o2)nnc1-c1ccccc1. The van der Waals surface area contributed by atoms with Gasteiger partial charge in [0.2, 0.25) is 0 Å². The Hall–Kier alpha value is -3.41. The van der Waals surface area contributed by atoms with Gasteiger partial charge in [-0.2, -0.15) is 0 Å². The molecule has 130 valence electrons. The molecule has 4 aromatic rings. The quantitative estimate of drug-likeness (QED) is 0.602. The van der Waals surface area contributed by atoms with Gasteiger partial charge >= 0.3 is 0 Å². The molecule has 0 atom stereocenters. The van der Waals surface area contributed by atoms with Gasteiger partial charge in [0.05, 0.1) is 0 Å². The van der Waals surface area contributed by atoms with Crippen LogP contribution in [0, 0.1) is 0 Å². The molecule has 2 heterocycles. The lowest BCUT2D eigenvalue weighted by atomic mass is 10.2. The van der Waals surface area contributed by atoms with E-state index in [0.29, 0.717) is 24.3 Å². The molecule has 2 aromatic heterocycles. The van der Waals surface area contributed by atoms with E-state index in [1.807, 2.05) is 66.2 Å². The summed E-state index contributed by atoms with van der Waals surface area (Å²) in [6, 6.07) is 19.2. The van der Waals surface area contributed by atoms with Gasteiger partial charge in [-0.25, -0.2) is 0 Å². The molecule has 1 N–H and O–H groups in total. The summed E-state index contributed by atoms with van der Waals surface area (Å²) in [6.07, 6.45) is 0.586. The predicted molar refractivity (Wildman–Crippen MR) is 98.7 cm³/mol. The van der Waals surface area contributed by atoms with Crippen molar-refractivity contribution < 1.29 is 9.21 Å². The van der Waals surface area contributed by atoms with Crippen LogP contribution in [0.1, 0.15) is 16.4 Å². The third kappa shape index (κ3) is 3.09. The van der Waals surface area contributed by atoms with E-state index in [0.717, 1.165) is 22.6 Å². The largest absolute Gasteiger partial charge is 0.451 e. The van der Waals surface area contributed by atoms with Crippen LogP contribution in [0.4, 0.5) is 0 Å². The summed E-state index contributed by atoms with van der Waals surface area (Å²) in [4.78, 5) is 12.3. The standard InChI is InChI=1S/C20H18N4O2/c1-24-18(22-23-19(24)14-7-3-2-4-8-14)11-12-21-20(25)17-13-15-9-5-6-10-16(15)26-17/h2-10,13H,11-12H2,1H3,(H,21,25). The van der Waals surface area contributed by atoms with Crippen molar-refractivity contribution in [2.75, 3.05) is 6.54 Å². The normalized spacial score (nSPS) is 11.0. The molecular weight excluding hydrogens is 328 g/mol. The second-order valence-electron chi connectivity index (χ2n) is 6.02. The van der Waals surface area contributed by atoms with Gasteiger partial charge in [0.15, 0.2) is 11.6 Å². The number of aromatic nitrogens is 3. The van der Waals surface area contributed by atoms with E-state index in [9.17, 15) is 4.79 Å². The van der Waals surface area contributed by atoms with Crippen LogP contribution in [-0.4, -0.2) is 27.2 Å². The van der Waals surface area contributed by atoms with Gasteiger partial charge in [0, 0.05) is 31.0 Å². The monoisotopic (exact) mass is 346 g/mol. The van der Waals surface area contributed by atoms with E-state index >= 15 is 0 Å². The third-order valence-corrected chi connectivity index (χ3v) is 4.28. The minimum atomic E-state index is -0.230. The van der Waals surface area contributed by atoms with E-state index in [-0.39, 0.29) is 5.91 Å². The van der Waals surface area contributed by atoms with Crippen LogP contribution in [-0.2, 0) is 13.5 Å². The summed E-state index contributed by atoms with van der Waals surface area (Å²) in [7, 11) is 1.93. The van der Waals surface area contributed by atoms with Crippen molar-refractivity contribution in [3.8, 4) is 11.4 Å². The fourth-order valence-corrected chi connectivity index (χ4v) is 2.89. The first-order valence-electron chi connectivity index (χ1n) is 8.43. The molecule has 0 aliphatic rings. The van der Waals surface area contributed by atoms with Gasteiger partial charge < -0.3 is 14.3 Å². The van der Waals surface area contributed by atoms with Crippen molar-refractivity contribution in [1.82, 2.24) is 20.1 Å². The van der Waals surface area contributed by atoms with Crippen molar-refractivity contribution in [1.29, 1.82) is 0 Å². The minimum Gasteiger partial charge on any atom is -0.451 e. The average Bonchev–Trinajstić information content (AvgIpc) is 3.26. The molecule has 4 rings (SSSR count). The Kier molecular flexibility index (Phi) is 4.23. The molecule has 0 saturated carbocycles. The fourth-order valence-electron chi connectivity index (χ4n) is 2.89. The van der Waals surface area contributed by atoms with E-state index in [1.54, 1.807) is 6.07 Å². The summed E-state index contributed by atoms with van der Waals surface area (Å²) >= 11 is 0. The highest BCUT2D eigenvalue weighted by Gasteiger charge is 2.13. The van der Waals surface area contributed by atoms with Crippen LogP contribution in [0.3, 0.4) is 0 Å². The highest BCUT2D eigenvalue weighted by molar-refractivity contribution is 5.96. The fraction of sp³-hybridized carbons (Fsp3) is 0.150. The number of carbonyl (C=O) groups excluding carboxylic acids is 1. The Balaban J connectivity index is 1.40. The van der Waals surface area contributed by atoms with E-state index < -0.39 is 0 Å². The zero-order valence-corrected chi connectivity index (χ0v) is 14.3. The molecule has 0 aliphatic heterocycles. The Morgan fingerprint density at radius 3 is 2.65 bits per heavy atom. The van der Waals surface area contributed by atoms with Crippen LogP contribution in [0.5, 0.6) is 0 Å². The molecular formula is C20H18N4O2. The summed E-state index contributed by atoms with van der Waals surface area (Å²) in [6.45, 7) is 0.455. The number of para-hydroxylation sites is 1. The lowest BCUT2D eigenvalue weighted by Crippen LogP contribution is -2.26. The Morgan fingerprint density at radius 1 is 1.08 bits per heavy atom. The maximum atomic E-state index is 12.3. The summed E-state index contributed by atoms with van der Waals surface area (Å²) in [5, 5.41) is 12.3. The van der Waals surface area contributed by atoms with Gasteiger partial charge in [0.1, 0.15) is 11.4 Å². The molecule has 0 bridgehead atoms. The van der Waals surface area contributed by atoms with Gasteiger partial charge in [-0.05, 0) is 12.1 Å². The molecule has 0 unspecified atom stereocenters. The molecule has 6 heteroatoms. The van der Waals surface area contributed by atoms with E-state index in [1.165, 1.54) is 0 Å². The Morgan fingerprint density at radius 2 is 1.85 bits per heavy atom. The predicted octanol–water partition coefficient (Wildman–Crippen LogP) is 3.20. The van der Waals surface area contributed by atoms with Crippen molar-refractivity contribution in [2.45, 2.75) is 6.42 Å². The number of hydrogen-bond donors (Lipinski definition) is 1. The molecule has 0 saturated heterocycles. The van der Waals surface area contributed by atoms with Gasteiger partial charge in [-0.3, -0.25) is 4.79 Å². The van der Waals surface area contributed by atoms with Gasteiger partial charge in [-0.15, -0.1) is 10.2 Å². The molecule has 0 spiro atoms. The third-order valence-electron chi connectivity index (χ3n) is 4.28. The average molecular weight is 346 g/mol. The number of hydrogen-bond acceptors (Lipinski definition) is 4. The molecule has 0 aliphatic carbocycles. The van der Waals surface area contributed by atoms with Crippen molar-refractivity contribution >= 4 is 16.9 Å². The first-order valence-corrected chi connectivity index (χ1v) is 8.43. The first-order chi connectivity index (χ1) is 12.7. The highest BCUT2D eigenvalue weighted by atomic mass is 16.3. The zero-order chi connectivity index (χ0) is 17.9. The van der Waals surface area contributed by atoms with E-state index in [4.69, 9.17) is 4.42 Å². The Labute approximate surface area is 150 Å². The number of benzene rings is 2. The number of fused-ring (bicyclic) bond motifs is 1. The number of furan rings is 1. The van der Waals surface area contributed by atoms with Crippen LogP contribution in [0.2, 0.25) is 0 Å². The van der Waals surface area contributed by atoms with Crippen LogP contribution in [0.25, 0.3) is 22.4 Å². The second kappa shape index (κ2) is 6.84. The van der Waals surface area contributed by atoms with Gasteiger partial charge in [-0.1, -0.05) is 48.5 Å². The van der Waals surface area contributed by atoms with Crippen LogP contribution in [0.15, 0.2) is 65.1 Å². The van der Waals surface area contributed by atoms with Crippen molar-refractivity contribution in [2.24, 2.45) is 7.05 Å². The lowest BCUT2D eigenvalue weighted by molar-refractivity contribution is 0.0928. The smallest absolute Gasteiger partial charge is 0.287 e. The summed E-state index contributed by atoms with van der Waals surface area (Å²) in [5.74, 6) is 1.71. The summed E-state index contributed by atoms with van der Waals surface area (Å²) < 4.78 is 7.52. The number of carbonyl (C=O) groups is 1. The number of nitrogens with zero attached hydrogens (tertiary/aromatic N) is 3. The van der Waals surface area contributed by atoms with E-state index in [2.05, 4.69) is 15.5 Å². The molecule has 1 amide bonds. The lowest BCUT2D eigenvalue weighted by Gasteiger charge is -2.05. The summed E-state index contributed by atoms with van der Waals surface area (Å²) in [5.41, 5.74) is 1.72. The van der Waals surface area contributed by atoms with Crippen molar-refractivity contribution in [3.63, 3.8) is 0 Å². The topological polar surface area (TPSA) is 73.0 Å². The number of rotatable bonds is 5. The van der Waals surface area contributed by atoms with Crippen LogP contribution < -0.4 is 5.32 Å². The maximum Gasteiger partial charge on any atom is 0.287 e. The Bertz CT molecular complexity index is 1020. The molecule has 6 nitrogen and oxygen atoms in total. The number of nitrogens with one attached hydrogen (secondary N) is 1. The molecule has 0 fully saturated rings. The van der Waals surface area contributed by atoms with Crippen molar-refractivity contribution in [3.05, 3.63) is 72.2 Å². The molecule has 2 aromatic carbocycles. The maximum absolute atomic E-state index is 12.3. The van der Waals surface area contributed by atoms with Gasteiger partial charge in [0.25, 0.3) is 5.91 Å². The van der Waals surface area contributed by atoms with Crippen LogP contribution >= 0.6 is 0 Å². The second-order valence-corrected chi connectivity index (χ2v) is 6.02. The minimum absolute atomic E-state index is 0.230. The molecule has 0 radical (unpaired) electrons. The molecule has 26 heavy (non-hydrogen) atoms. The number of amides is 1. The first kappa shape index (κ1) is 16.1. The zero-order valence-electron chi connectivity index (χ0n) is 14.3. The highest BCUT2D eigenvalue weighted by Crippen LogP contribution is 2.19.